The molecule has 2 aliphatic rings. The summed E-state index contributed by atoms with van der Waals surface area (Å²) in [6.07, 6.45) is 2.92. The van der Waals surface area contributed by atoms with Gasteiger partial charge in [-0.05, 0) is 17.7 Å². The number of benzene rings is 1. The minimum Gasteiger partial charge on any atom is -0.507 e. The van der Waals surface area contributed by atoms with Gasteiger partial charge in [-0.1, -0.05) is 24.8 Å². The molecule has 7 heteroatoms. The third-order valence-electron chi connectivity index (χ3n) is 3.73. The summed E-state index contributed by atoms with van der Waals surface area (Å²) in [5.74, 6) is -0.939. The lowest BCUT2D eigenvalue weighted by Crippen LogP contribution is -2.64. The molecule has 1 saturated heterocycles. The van der Waals surface area contributed by atoms with Gasteiger partial charge in [0.1, 0.15) is 16.8 Å². The van der Waals surface area contributed by atoms with Gasteiger partial charge in [-0.25, -0.2) is 4.79 Å². The number of thioether (sulfide) groups is 1. The van der Waals surface area contributed by atoms with Crippen molar-refractivity contribution in [1.29, 1.82) is 0 Å². The minimum atomic E-state index is -1.14. The molecule has 1 aromatic carbocycles. The molecule has 2 aliphatic heterocycles. The number of carbonyl (C=O) groups is 2. The van der Waals surface area contributed by atoms with Gasteiger partial charge in [-0.2, -0.15) is 0 Å². The third kappa shape index (κ3) is 2.53. The number of hydrogen-bond acceptors (Lipinski definition) is 5. The molecule has 0 bridgehead atoms. The Morgan fingerprint density at radius 2 is 2.17 bits per heavy atom. The maximum absolute atomic E-state index is 12.3. The van der Waals surface area contributed by atoms with E-state index in [9.17, 15) is 19.8 Å². The first-order valence-electron chi connectivity index (χ1n) is 6.89. The first-order chi connectivity index (χ1) is 11.0. The number of rotatable bonds is 4. The highest BCUT2D eigenvalue weighted by Crippen LogP contribution is 2.41. The number of aromatic hydroxyl groups is 1. The number of fused-ring (bicyclic) bond motifs is 1. The van der Waals surface area contributed by atoms with E-state index in [1.54, 1.807) is 18.2 Å². The average Bonchev–Trinajstić information content (AvgIpc) is 2.55. The lowest BCUT2D eigenvalue weighted by Gasteiger charge is -2.47. The zero-order chi connectivity index (χ0) is 16.6. The predicted octanol–water partition coefficient (Wildman–Crippen LogP) is 1.62. The Balaban J connectivity index is 1.84. The van der Waals surface area contributed by atoms with Crippen LogP contribution in [-0.4, -0.2) is 50.4 Å². The Labute approximate surface area is 136 Å². The number of aliphatic carboxylic acids is 1. The van der Waals surface area contributed by atoms with Crippen molar-refractivity contribution in [3.63, 3.8) is 0 Å². The number of amides is 1. The maximum atomic E-state index is 12.3. The summed E-state index contributed by atoms with van der Waals surface area (Å²) in [6, 6.07) is 6.04. The summed E-state index contributed by atoms with van der Waals surface area (Å²) in [5, 5.41) is 18.7. The average molecular weight is 330 g/mol. The standard InChI is InChI=1S/C16H14N2O4S/c1-2-9-8-23-15-12(14(20)18(15)13(9)16(21)22)17-7-10-5-3-4-6-11(10)19/h2-7,12,15,19H,1,8H2,(H,21,22)/t12?,15-/m0/s1. The molecule has 2 atom stereocenters. The van der Waals surface area contributed by atoms with Gasteiger partial charge >= 0.3 is 5.97 Å². The second-order valence-electron chi connectivity index (χ2n) is 5.07. The smallest absolute Gasteiger partial charge is 0.352 e. The highest BCUT2D eigenvalue weighted by Gasteiger charge is 2.53. The molecule has 1 fully saturated rings. The van der Waals surface area contributed by atoms with Crippen LogP contribution in [0.15, 0.2) is 53.2 Å². The van der Waals surface area contributed by atoms with E-state index in [4.69, 9.17) is 0 Å². The first-order valence-corrected chi connectivity index (χ1v) is 7.94. The maximum Gasteiger partial charge on any atom is 0.352 e. The van der Waals surface area contributed by atoms with E-state index < -0.39 is 12.0 Å². The number of phenolic OH excluding ortho intramolecular Hbond substituents is 1. The second kappa shape index (κ2) is 5.92. The topological polar surface area (TPSA) is 90.2 Å². The van der Waals surface area contributed by atoms with Gasteiger partial charge < -0.3 is 10.2 Å². The van der Waals surface area contributed by atoms with Crippen molar-refractivity contribution >= 4 is 29.9 Å². The number of hydrogen-bond donors (Lipinski definition) is 2. The van der Waals surface area contributed by atoms with Crippen molar-refractivity contribution in [2.75, 3.05) is 5.75 Å². The van der Waals surface area contributed by atoms with E-state index in [1.807, 2.05) is 0 Å². The molecule has 2 heterocycles. The summed E-state index contributed by atoms with van der Waals surface area (Å²) in [7, 11) is 0. The lowest BCUT2D eigenvalue weighted by molar-refractivity contribution is -0.147. The Morgan fingerprint density at radius 3 is 2.83 bits per heavy atom. The summed E-state index contributed by atoms with van der Waals surface area (Å²) in [4.78, 5) is 29.2. The number of aliphatic imine (C=N–C) groups is 1. The van der Waals surface area contributed by atoms with E-state index in [2.05, 4.69) is 11.6 Å². The van der Waals surface area contributed by atoms with Crippen LogP contribution in [0.1, 0.15) is 5.56 Å². The Kier molecular flexibility index (Phi) is 3.96. The van der Waals surface area contributed by atoms with Crippen LogP contribution in [0, 0.1) is 0 Å². The highest BCUT2D eigenvalue weighted by atomic mass is 32.2. The van der Waals surface area contributed by atoms with Gasteiger partial charge in [0.15, 0.2) is 6.04 Å². The molecule has 0 aromatic heterocycles. The molecule has 118 valence electrons. The number of carbonyl (C=O) groups excluding carboxylic acids is 1. The Hall–Kier alpha value is -2.54. The van der Waals surface area contributed by atoms with Crippen molar-refractivity contribution in [2.45, 2.75) is 11.4 Å². The van der Waals surface area contributed by atoms with Crippen LogP contribution in [0.5, 0.6) is 5.75 Å². The zero-order valence-electron chi connectivity index (χ0n) is 12.0. The molecular weight excluding hydrogens is 316 g/mol. The molecule has 23 heavy (non-hydrogen) atoms. The molecule has 0 radical (unpaired) electrons. The van der Waals surface area contributed by atoms with Crippen LogP contribution >= 0.6 is 11.8 Å². The number of nitrogens with zero attached hydrogens (tertiary/aromatic N) is 2. The Morgan fingerprint density at radius 1 is 1.43 bits per heavy atom. The molecule has 2 N–H and O–H groups in total. The molecular formula is C16H14N2O4S. The van der Waals surface area contributed by atoms with Crippen molar-refractivity contribution in [3.8, 4) is 5.75 Å². The van der Waals surface area contributed by atoms with E-state index >= 15 is 0 Å². The summed E-state index contributed by atoms with van der Waals surface area (Å²) < 4.78 is 0. The quantitative estimate of drug-likeness (QED) is 0.647. The molecule has 0 aliphatic carbocycles. The van der Waals surface area contributed by atoms with E-state index in [0.29, 0.717) is 16.9 Å². The van der Waals surface area contributed by atoms with Crippen LogP contribution in [0.4, 0.5) is 0 Å². The number of para-hydroxylation sites is 1. The highest BCUT2D eigenvalue weighted by molar-refractivity contribution is 8.00. The monoisotopic (exact) mass is 330 g/mol. The fraction of sp³-hybridized carbons (Fsp3) is 0.188. The van der Waals surface area contributed by atoms with Crippen molar-refractivity contribution in [3.05, 3.63) is 53.8 Å². The fourth-order valence-electron chi connectivity index (χ4n) is 2.54. The van der Waals surface area contributed by atoms with E-state index in [1.165, 1.54) is 35.0 Å². The third-order valence-corrected chi connectivity index (χ3v) is 5.02. The van der Waals surface area contributed by atoms with E-state index in [-0.39, 0.29) is 22.7 Å². The van der Waals surface area contributed by atoms with E-state index in [0.717, 1.165) is 0 Å². The number of β-lactam (4-membered cyclic amide) rings is 1. The summed E-state index contributed by atoms with van der Waals surface area (Å²) >= 11 is 1.45. The predicted molar refractivity (Wildman–Crippen MR) is 87.4 cm³/mol. The van der Waals surface area contributed by atoms with Crippen LogP contribution < -0.4 is 0 Å². The molecule has 1 unspecified atom stereocenters. The molecule has 3 rings (SSSR count). The number of carboxylic acid groups (broad SMARTS) is 1. The van der Waals surface area contributed by atoms with Crippen molar-refractivity contribution < 1.29 is 19.8 Å². The van der Waals surface area contributed by atoms with Gasteiger partial charge in [-0.15, -0.1) is 11.8 Å². The van der Waals surface area contributed by atoms with Gasteiger partial charge in [0, 0.05) is 17.5 Å². The minimum absolute atomic E-state index is 0.0113. The van der Waals surface area contributed by atoms with Crippen molar-refractivity contribution in [1.82, 2.24) is 4.90 Å². The van der Waals surface area contributed by atoms with Gasteiger partial charge in [0.05, 0.1) is 0 Å². The van der Waals surface area contributed by atoms with Crippen molar-refractivity contribution in [2.24, 2.45) is 4.99 Å². The number of allylic oxidation sites excluding steroid dienone is 1. The number of phenols is 1. The van der Waals surface area contributed by atoms with Crippen LogP contribution in [-0.2, 0) is 9.59 Å². The molecule has 1 aromatic rings. The van der Waals surface area contributed by atoms with Gasteiger partial charge in [-0.3, -0.25) is 14.7 Å². The van der Waals surface area contributed by atoms with Crippen LogP contribution in [0.3, 0.4) is 0 Å². The largest absolute Gasteiger partial charge is 0.507 e. The SMILES string of the molecule is C=CC1=C(C(=O)O)N2C(=O)C(N=Cc3ccccc3O)[C@@H]2SC1. The molecule has 6 nitrogen and oxygen atoms in total. The second-order valence-corrected chi connectivity index (χ2v) is 6.18. The molecule has 0 saturated carbocycles. The lowest BCUT2D eigenvalue weighted by atomic mass is 10.0. The number of carboxylic acids is 1. The summed E-state index contributed by atoms with van der Waals surface area (Å²) in [5.41, 5.74) is 1.04. The normalized spacial score (nSPS) is 23.7. The fourth-order valence-corrected chi connectivity index (χ4v) is 3.87. The molecule has 0 spiro atoms. The van der Waals surface area contributed by atoms with Gasteiger partial charge in [0.25, 0.3) is 5.91 Å². The molecule has 1 amide bonds. The first kappa shape index (κ1) is 15.4. The van der Waals surface area contributed by atoms with Crippen LogP contribution in [0.2, 0.25) is 0 Å². The van der Waals surface area contributed by atoms with Gasteiger partial charge in [0.2, 0.25) is 0 Å². The Bertz CT molecular complexity index is 756. The summed E-state index contributed by atoms with van der Waals surface area (Å²) in [6.45, 7) is 3.60. The zero-order valence-corrected chi connectivity index (χ0v) is 12.9. The van der Waals surface area contributed by atoms with Crippen LogP contribution in [0.25, 0.3) is 0 Å².